The largest absolute Gasteiger partial charge is 0.294 e. The van der Waals surface area contributed by atoms with Crippen molar-refractivity contribution < 1.29 is 13.2 Å². The normalized spacial score (nSPS) is 21.4. The molecule has 0 spiro atoms. The Morgan fingerprint density at radius 2 is 2.10 bits per heavy atom. The van der Waals surface area contributed by atoms with Crippen molar-refractivity contribution in [2.75, 3.05) is 0 Å². The van der Waals surface area contributed by atoms with E-state index in [1.807, 2.05) is 0 Å². The summed E-state index contributed by atoms with van der Waals surface area (Å²) >= 11 is 0. The van der Waals surface area contributed by atoms with E-state index < -0.39 is 10.0 Å². The molecule has 1 atom stereocenters. The zero-order chi connectivity index (χ0) is 15.7. The molecule has 0 amide bonds. The van der Waals surface area contributed by atoms with Crippen LogP contribution in [0.2, 0.25) is 0 Å². The zero-order valence-electron chi connectivity index (χ0n) is 12.8. The fourth-order valence-electron chi connectivity index (χ4n) is 2.86. The van der Waals surface area contributed by atoms with Crippen molar-refractivity contribution in [3.05, 3.63) is 29.8 Å². The van der Waals surface area contributed by atoms with Crippen molar-refractivity contribution in [2.45, 2.75) is 57.4 Å². The summed E-state index contributed by atoms with van der Waals surface area (Å²) in [6.45, 7) is 6.08. The van der Waals surface area contributed by atoms with Gasteiger partial charge in [0.1, 0.15) is 0 Å². The van der Waals surface area contributed by atoms with Gasteiger partial charge in [0.05, 0.1) is 4.90 Å². The molecule has 0 saturated heterocycles. The second kappa shape index (κ2) is 5.89. The number of Topliss-reactive ketones (excluding diaryl/α,β-unsaturated/α-hetero) is 1. The van der Waals surface area contributed by atoms with Gasteiger partial charge in [0, 0.05) is 18.0 Å². The number of hydrogen-bond donors (Lipinski definition) is 1. The van der Waals surface area contributed by atoms with Crippen LogP contribution in [0.5, 0.6) is 0 Å². The Balaban J connectivity index is 2.18. The minimum absolute atomic E-state index is 0.0180. The third kappa shape index (κ3) is 3.92. The molecule has 4 nitrogen and oxygen atoms in total. The lowest BCUT2D eigenvalue weighted by molar-refractivity contribution is 0.0988. The summed E-state index contributed by atoms with van der Waals surface area (Å²) in [6.07, 6.45) is 3.10. The lowest BCUT2D eigenvalue weighted by Crippen LogP contribution is -2.33. The molecule has 1 aromatic rings. The molecule has 1 saturated carbocycles. The molecule has 5 heteroatoms. The Morgan fingerprint density at radius 1 is 1.38 bits per heavy atom. The van der Waals surface area contributed by atoms with Crippen LogP contribution in [0.4, 0.5) is 0 Å². The summed E-state index contributed by atoms with van der Waals surface area (Å²) in [5.74, 6) is -0.0472. The molecule has 1 fully saturated rings. The second-order valence-electron chi connectivity index (χ2n) is 6.53. The maximum absolute atomic E-state index is 12.4. The van der Waals surface area contributed by atoms with Crippen LogP contribution in [-0.2, 0) is 10.0 Å². The van der Waals surface area contributed by atoms with E-state index in [-0.39, 0.29) is 22.1 Å². The summed E-state index contributed by atoms with van der Waals surface area (Å²) in [4.78, 5) is 11.9. The lowest BCUT2D eigenvalue weighted by atomic mass is 9.92. The van der Waals surface area contributed by atoms with Crippen LogP contribution in [0, 0.1) is 5.41 Å². The minimum atomic E-state index is -3.56. The van der Waals surface area contributed by atoms with Gasteiger partial charge < -0.3 is 0 Å². The van der Waals surface area contributed by atoms with Gasteiger partial charge in [-0.15, -0.1) is 0 Å². The van der Waals surface area contributed by atoms with Crippen LogP contribution in [-0.4, -0.2) is 20.2 Å². The molecule has 1 aliphatic rings. The smallest absolute Gasteiger partial charge is 0.240 e. The van der Waals surface area contributed by atoms with Gasteiger partial charge in [0.25, 0.3) is 0 Å². The summed E-state index contributed by atoms with van der Waals surface area (Å²) < 4.78 is 27.7. The van der Waals surface area contributed by atoms with Gasteiger partial charge in [0.15, 0.2) is 5.78 Å². The first-order valence-electron chi connectivity index (χ1n) is 7.39. The summed E-state index contributed by atoms with van der Waals surface area (Å²) in [5.41, 5.74) is 0.639. The van der Waals surface area contributed by atoms with Gasteiger partial charge in [0.2, 0.25) is 10.0 Å². The number of hydrogen-bond acceptors (Lipinski definition) is 3. The van der Waals surface area contributed by atoms with E-state index in [4.69, 9.17) is 0 Å². The van der Waals surface area contributed by atoms with Crippen LogP contribution in [0.1, 0.15) is 56.8 Å². The molecule has 21 heavy (non-hydrogen) atoms. The Kier molecular flexibility index (Phi) is 4.54. The number of sulfonamides is 1. The van der Waals surface area contributed by atoms with Crippen molar-refractivity contribution in [3.8, 4) is 0 Å². The van der Waals surface area contributed by atoms with Gasteiger partial charge in [-0.1, -0.05) is 32.9 Å². The average molecular weight is 309 g/mol. The van der Waals surface area contributed by atoms with Crippen LogP contribution in [0.15, 0.2) is 29.2 Å². The Morgan fingerprint density at radius 3 is 2.67 bits per heavy atom. The average Bonchev–Trinajstić information content (AvgIpc) is 2.76. The standard InChI is InChI=1S/C16H23NO3S/c1-4-15(18)12-6-5-7-14(10-12)21(19,20)17-13-8-9-16(2,3)11-13/h5-7,10,13,17H,4,8-9,11H2,1-3H3. The molecule has 1 N–H and O–H groups in total. The summed E-state index contributed by atoms with van der Waals surface area (Å²) in [5, 5.41) is 0. The third-order valence-corrected chi connectivity index (χ3v) is 5.60. The van der Waals surface area contributed by atoms with E-state index in [1.165, 1.54) is 12.1 Å². The molecule has 1 aromatic carbocycles. The van der Waals surface area contributed by atoms with Gasteiger partial charge in [-0.2, -0.15) is 0 Å². The molecule has 2 rings (SSSR count). The van der Waals surface area contributed by atoms with Crippen molar-refractivity contribution in [3.63, 3.8) is 0 Å². The van der Waals surface area contributed by atoms with Gasteiger partial charge in [-0.25, -0.2) is 13.1 Å². The molecule has 1 unspecified atom stereocenters. The van der Waals surface area contributed by atoms with Crippen LogP contribution in [0.25, 0.3) is 0 Å². The van der Waals surface area contributed by atoms with Gasteiger partial charge >= 0.3 is 0 Å². The number of benzene rings is 1. The predicted molar refractivity (Wildman–Crippen MR) is 82.8 cm³/mol. The molecule has 116 valence electrons. The summed E-state index contributed by atoms with van der Waals surface area (Å²) in [7, 11) is -3.56. The Hall–Kier alpha value is -1.20. The topological polar surface area (TPSA) is 63.2 Å². The van der Waals surface area contributed by atoms with E-state index >= 15 is 0 Å². The van der Waals surface area contributed by atoms with Crippen LogP contribution < -0.4 is 4.72 Å². The highest BCUT2D eigenvalue weighted by Crippen LogP contribution is 2.37. The third-order valence-electron chi connectivity index (χ3n) is 4.08. The van der Waals surface area contributed by atoms with Gasteiger partial charge in [-0.05, 0) is 36.8 Å². The maximum atomic E-state index is 12.4. The van der Waals surface area contributed by atoms with Gasteiger partial charge in [-0.3, -0.25) is 4.79 Å². The molecule has 0 aliphatic heterocycles. The second-order valence-corrected chi connectivity index (χ2v) is 8.24. The molecular formula is C16H23NO3S. The quantitative estimate of drug-likeness (QED) is 0.850. The zero-order valence-corrected chi connectivity index (χ0v) is 13.7. The monoisotopic (exact) mass is 309 g/mol. The highest BCUT2D eigenvalue weighted by atomic mass is 32.2. The molecule has 0 radical (unpaired) electrons. The first-order valence-corrected chi connectivity index (χ1v) is 8.87. The Bertz CT molecular complexity index is 635. The SMILES string of the molecule is CCC(=O)c1cccc(S(=O)(=O)NC2CCC(C)(C)C2)c1. The fourth-order valence-corrected chi connectivity index (χ4v) is 4.18. The lowest BCUT2D eigenvalue weighted by Gasteiger charge is -2.18. The van der Waals surface area contributed by atoms with Crippen LogP contribution >= 0.6 is 0 Å². The predicted octanol–water partition coefficient (Wildman–Crippen LogP) is 3.14. The minimum Gasteiger partial charge on any atom is -0.294 e. The van der Waals surface area contributed by atoms with Crippen molar-refractivity contribution in [1.82, 2.24) is 4.72 Å². The van der Waals surface area contributed by atoms with Crippen molar-refractivity contribution in [1.29, 1.82) is 0 Å². The van der Waals surface area contributed by atoms with E-state index in [0.717, 1.165) is 19.3 Å². The highest BCUT2D eigenvalue weighted by molar-refractivity contribution is 7.89. The fraction of sp³-hybridized carbons (Fsp3) is 0.562. The number of carbonyl (C=O) groups is 1. The first-order chi connectivity index (χ1) is 9.73. The number of nitrogens with one attached hydrogen (secondary N) is 1. The number of carbonyl (C=O) groups excluding carboxylic acids is 1. The number of ketones is 1. The number of rotatable bonds is 5. The van der Waals surface area contributed by atoms with E-state index in [2.05, 4.69) is 18.6 Å². The molecule has 0 aromatic heterocycles. The molecule has 0 heterocycles. The van der Waals surface area contributed by atoms with E-state index in [1.54, 1.807) is 19.1 Å². The molecular weight excluding hydrogens is 286 g/mol. The summed E-state index contributed by atoms with van der Waals surface area (Å²) in [6, 6.07) is 6.26. The Labute approximate surface area is 127 Å². The van der Waals surface area contributed by atoms with E-state index in [0.29, 0.717) is 12.0 Å². The van der Waals surface area contributed by atoms with Crippen molar-refractivity contribution >= 4 is 15.8 Å². The molecule has 0 bridgehead atoms. The maximum Gasteiger partial charge on any atom is 0.240 e. The van der Waals surface area contributed by atoms with Crippen molar-refractivity contribution in [2.24, 2.45) is 5.41 Å². The highest BCUT2D eigenvalue weighted by Gasteiger charge is 2.33. The van der Waals surface area contributed by atoms with E-state index in [9.17, 15) is 13.2 Å². The first kappa shape index (κ1) is 16.2. The molecule has 1 aliphatic carbocycles. The van der Waals surface area contributed by atoms with Crippen LogP contribution in [0.3, 0.4) is 0 Å².